The number of rotatable bonds is 6. The van der Waals surface area contributed by atoms with E-state index in [4.69, 9.17) is 14.6 Å². The highest BCUT2D eigenvalue weighted by atomic mass is 16.5. The Hall–Kier alpha value is -1.98. The van der Waals surface area contributed by atoms with Gasteiger partial charge in [-0.05, 0) is 18.6 Å². The van der Waals surface area contributed by atoms with Gasteiger partial charge in [-0.15, -0.1) is 0 Å². The quantitative estimate of drug-likeness (QED) is 0.498. The van der Waals surface area contributed by atoms with Crippen LogP contribution in [0.5, 0.6) is 0 Å². The third kappa shape index (κ3) is 4.51. The molecule has 1 aromatic heterocycles. The number of amidine groups is 1. The Bertz CT molecular complexity index is 465. The van der Waals surface area contributed by atoms with Gasteiger partial charge in [-0.2, -0.15) is 0 Å². The van der Waals surface area contributed by atoms with Crippen LogP contribution in [-0.2, 0) is 4.74 Å². The lowest BCUT2D eigenvalue weighted by molar-refractivity contribution is 0.0637. The molecule has 0 radical (unpaired) electrons. The molecule has 2 heterocycles. The molecule has 22 heavy (non-hydrogen) atoms. The number of carbonyl (C=O) groups excluding carboxylic acids is 1. The largest absolute Gasteiger partial charge is 0.465 e. The highest BCUT2D eigenvalue weighted by Gasteiger charge is 2.25. The number of hydrogen-bond donors (Lipinski definition) is 1. The first-order valence-corrected chi connectivity index (χ1v) is 8.01. The molecule has 1 N–H and O–H groups in total. The van der Waals surface area contributed by atoms with E-state index in [2.05, 4.69) is 6.92 Å². The number of ether oxygens (including phenoxy) is 1. The molecule has 122 valence electrons. The number of furan rings is 1. The molecule has 1 aliphatic rings. The molecule has 0 spiro atoms. The van der Waals surface area contributed by atoms with Gasteiger partial charge in [-0.3, -0.25) is 10.2 Å². The predicted octanol–water partition coefficient (Wildman–Crippen LogP) is 2.57. The Kier molecular flexibility index (Phi) is 6.30. The van der Waals surface area contributed by atoms with E-state index in [0.717, 1.165) is 12.8 Å². The Morgan fingerprint density at radius 2 is 1.95 bits per heavy atom. The molecule has 1 amide bonds. The van der Waals surface area contributed by atoms with Crippen LogP contribution >= 0.6 is 0 Å². The molecule has 0 unspecified atom stereocenters. The van der Waals surface area contributed by atoms with Gasteiger partial charge in [0.25, 0.3) is 11.9 Å². The lowest BCUT2D eigenvalue weighted by atomic mass is 10.2. The second-order valence-electron chi connectivity index (χ2n) is 5.47. The van der Waals surface area contributed by atoms with Gasteiger partial charge in [0.05, 0.1) is 12.9 Å². The Morgan fingerprint density at radius 1 is 1.23 bits per heavy atom. The number of piperazine rings is 1. The summed E-state index contributed by atoms with van der Waals surface area (Å²) in [6, 6.07) is 3.61. The van der Waals surface area contributed by atoms with E-state index in [1.54, 1.807) is 17.0 Å². The Morgan fingerprint density at radius 3 is 2.59 bits per heavy atom. The average molecular weight is 307 g/mol. The van der Waals surface area contributed by atoms with Crippen molar-refractivity contribution >= 4 is 11.9 Å². The number of amides is 1. The Balaban J connectivity index is 1.68. The van der Waals surface area contributed by atoms with E-state index >= 15 is 0 Å². The van der Waals surface area contributed by atoms with Gasteiger partial charge in [-0.25, -0.2) is 0 Å². The number of nitrogens with zero attached hydrogens (tertiary/aromatic N) is 2. The first-order chi connectivity index (χ1) is 10.7. The number of nitrogens with one attached hydrogen (secondary N) is 1. The molecular weight excluding hydrogens is 282 g/mol. The first-order valence-electron chi connectivity index (χ1n) is 8.01. The summed E-state index contributed by atoms with van der Waals surface area (Å²) in [5.74, 6) is 0.285. The minimum Gasteiger partial charge on any atom is -0.465 e. The van der Waals surface area contributed by atoms with Gasteiger partial charge in [0.1, 0.15) is 0 Å². The zero-order valence-corrected chi connectivity index (χ0v) is 13.2. The molecule has 1 aromatic rings. The molecule has 1 saturated heterocycles. The van der Waals surface area contributed by atoms with E-state index in [-0.39, 0.29) is 11.9 Å². The van der Waals surface area contributed by atoms with E-state index in [1.165, 1.54) is 19.1 Å². The van der Waals surface area contributed by atoms with E-state index < -0.39 is 0 Å². The second kappa shape index (κ2) is 8.46. The molecule has 0 atom stereocenters. The summed E-state index contributed by atoms with van der Waals surface area (Å²) >= 11 is 0. The third-order valence-electron chi connectivity index (χ3n) is 3.82. The SMILES string of the molecule is CCCCCCOC(=N)N1CCN(C(=O)c2ccco2)CC1. The maximum atomic E-state index is 12.1. The lowest BCUT2D eigenvalue weighted by Gasteiger charge is -2.34. The smallest absolute Gasteiger partial charge is 0.289 e. The molecule has 1 aliphatic heterocycles. The molecule has 0 aliphatic carbocycles. The fourth-order valence-corrected chi connectivity index (χ4v) is 2.46. The zero-order valence-electron chi connectivity index (χ0n) is 13.2. The maximum absolute atomic E-state index is 12.1. The molecule has 0 bridgehead atoms. The van der Waals surface area contributed by atoms with Crippen LogP contribution in [0, 0.1) is 5.41 Å². The summed E-state index contributed by atoms with van der Waals surface area (Å²) in [5, 5.41) is 7.96. The molecular formula is C16H25N3O3. The number of carbonyl (C=O) groups is 1. The van der Waals surface area contributed by atoms with Crippen LogP contribution in [0.15, 0.2) is 22.8 Å². The molecule has 0 aromatic carbocycles. The van der Waals surface area contributed by atoms with Gasteiger partial charge < -0.3 is 19.0 Å². The van der Waals surface area contributed by atoms with Crippen molar-refractivity contribution in [2.45, 2.75) is 32.6 Å². The minimum absolute atomic E-state index is 0.0864. The van der Waals surface area contributed by atoms with Crippen LogP contribution in [-0.4, -0.2) is 54.5 Å². The Labute approximate surface area is 131 Å². The summed E-state index contributed by atoms with van der Waals surface area (Å²) in [6.45, 7) is 5.19. The van der Waals surface area contributed by atoms with Crippen LogP contribution in [0.2, 0.25) is 0 Å². The number of hydrogen-bond acceptors (Lipinski definition) is 4. The van der Waals surface area contributed by atoms with Gasteiger partial charge >= 0.3 is 0 Å². The topological polar surface area (TPSA) is 69.8 Å². The molecule has 6 heteroatoms. The lowest BCUT2D eigenvalue weighted by Crippen LogP contribution is -2.50. The summed E-state index contributed by atoms with van der Waals surface area (Å²) in [4.78, 5) is 15.8. The van der Waals surface area contributed by atoms with Gasteiger partial charge in [-0.1, -0.05) is 26.2 Å². The molecule has 1 fully saturated rings. The second-order valence-corrected chi connectivity index (χ2v) is 5.47. The normalized spacial score (nSPS) is 15.0. The summed E-state index contributed by atoms with van der Waals surface area (Å²) in [5.41, 5.74) is 0. The zero-order chi connectivity index (χ0) is 15.8. The highest BCUT2D eigenvalue weighted by Crippen LogP contribution is 2.10. The summed E-state index contributed by atoms with van der Waals surface area (Å²) in [6.07, 6.45) is 6.06. The third-order valence-corrected chi connectivity index (χ3v) is 3.82. The van der Waals surface area contributed by atoms with Crippen molar-refractivity contribution in [3.8, 4) is 0 Å². The first kappa shape index (κ1) is 16.4. The van der Waals surface area contributed by atoms with Crippen LogP contribution in [0.1, 0.15) is 43.2 Å². The van der Waals surface area contributed by atoms with Crippen LogP contribution < -0.4 is 0 Å². The average Bonchev–Trinajstić information content (AvgIpc) is 3.08. The van der Waals surface area contributed by atoms with Crippen LogP contribution in [0.3, 0.4) is 0 Å². The van der Waals surface area contributed by atoms with Crippen molar-refractivity contribution < 1.29 is 13.9 Å². The monoisotopic (exact) mass is 307 g/mol. The van der Waals surface area contributed by atoms with Crippen molar-refractivity contribution in [1.29, 1.82) is 5.41 Å². The summed E-state index contributed by atoms with van der Waals surface area (Å²) < 4.78 is 10.6. The van der Waals surface area contributed by atoms with Crippen LogP contribution in [0.25, 0.3) is 0 Å². The maximum Gasteiger partial charge on any atom is 0.289 e. The van der Waals surface area contributed by atoms with E-state index in [0.29, 0.717) is 38.5 Å². The fraction of sp³-hybridized carbons (Fsp3) is 0.625. The van der Waals surface area contributed by atoms with Crippen LogP contribution in [0.4, 0.5) is 0 Å². The predicted molar refractivity (Wildman–Crippen MR) is 84.0 cm³/mol. The molecule has 6 nitrogen and oxygen atoms in total. The van der Waals surface area contributed by atoms with Crippen molar-refractivity contribution in [2.24, 2.45) is 0 Å². The standard InChI is InChI=1S/C16H25N3O3/c1-2-3-4-5-12-22-16(17)19-10-8-18(9-11-19)15(20)14-7-6-13-21-14/h6-7,13,17H,2-5,8-12H2,1H3. The molecule has 2 rings (SSSR count). The van der Waals surface area contributed by atoms with Crippen molar-refractivity contribution in [3.05, 3.63) is 24.2 Å². The van der Waals surface area contributed by atoms with Gasteiger partial charge in [0.15, 0.2) is 5.76 Å². The fourth-order valence-electron chi connectivity index (χ4n) is 2.46. The minimum atomic E-state index is -0.0864. The highest BCUT2D eigenvalue weighted by molar-refractivity contribution is 5.91. The molecule has 0 saturated carbocycles. The van der Waals surface area contributed by atoms with Gasteiger partial charge in [0.2, 0.25) is 0 Å². The summed E-state index contributed by atoms with van der Waals surface area (Å²) in [7, 11) is 0. The van der Waals surface area contributed by atoms with Crippen molar-refractivity contribution in [1.82, 2.24) is 9.80 Å². The van der Waals surface area contributed by atoms with Crippen molar-refractivity contribution in [3.63, 3.8) is 0 Å². The van der Waals surface area contributed by atoms with E-state index in [9.17, 15) is 4.79 Å². The van der Waals surface area contributed by atoms with Crippen molar-refractivity contribution in [2.75, 3.05) is 32.8 Å². The number of unbranched alkanes of at least 4 members (excludes halogenated alkanes) is 3. The van der Waals surface area contributed by atoms with E-state index in [1.807, 2.05) is 4.90 Å². The van der Waals surface area contributed by atoms with Gasteiger partial charge in [0, 0.05) is 26.2 Å².